The van der Waals surface area contributed by atoms with E-state index in [9.17, 15) is 0 Å². The monoisotopic (exact) mass is 366 g/mol. The van der Waals surface area contributed by atoms with Crippen molar-refractivity contribution < 1.29 is 9.30 Å². The van der Waals surface area contributed by atoms with E-state index in [0.29, 0.717) is 5.92 Å². The number of ether oxygens (including phenoxy) is 1. The number of hydrogen-bond acceptors (Lipinski definition) is 1. The quantitative estimate of drug-likeness (QED) is 0.306. The van der Waals surface area contributed by atoms with E-state index in [4.69, 9.17) is 4.74 Å². The second-order valence-electron chi connectivity index (χ2n) is 8.36. The zero-order valence-electron chi connectivity index (χ0n) is 16.5. The Labute approximate surface area is 165 Å². The number of aromatic nitrogens is 1. The van der Waals surface area contributed by atoms with Crippen LogP contribution in [0.2, 0.25) is 0 Å². The number of rotatable bonds is 1. The van der Waals surface area contributed by atoms with Gasteiger partial charge in [-0.25, -0.2) is 0 Å². The molecule has 28 heavy (non-hydrogen) atoms. The van der Waals surface area contributed by atoms with E-state index in [2.05, 4.69) is 73.1 Å². The Morgan fingerprint density at radius 2 is 1.75 bits per heavy atom. The zero-order valence-corrected chi connectivity index (χ0v) is 16.5. The van der Waals surface area contributed by atoms with Gasteiger partial charge in [-0.05, 0) is 48.8 Å². The van der Waals surface area contributed by atoms with Gasteiger partial charge in [0.2, 0.25) is 11.3 Å². The van der Waals surface area contributed by atoms with Crippen molar-refractivity contribution in [2.75, 3.05) is 0 Å². The lowest BCUT2D eigenvalue weighted by atomic mass is 9.87. The van der Waals surface area contributed by atoms with Gasteiger partial charge in [0.15, 0.2) is 0 Å². The van der Waals surface area contributed by atoms with Gasteiger partial charge in [0.05, 0.1) is 10.9 Å². The number of benzene rings is 3. The largest absolute Gasteiger partial charge is 0.449 e. The smallest absolute Gasteiger partial charge is 0.257 e. The van der Waals surface area contributed by atoms with Gasteiger partial charge < -0.3 is 4.74 Å². The highest BCUT2D eigenvalue weighted by Gasteiger charge is 2.36. The van der Waals surface area contributed by atoms with E-state index in [-0.39, 0.29) is 0 Å². The third kappa shape index (κ3) is 2.06. The van der Waals surface area contributed by atoms with Crippen LogP contribution in [0.3, 0.4) is 0 Å². The van der Waals surface area contributed by atoms with Crippen molar-refractivity contribution in [2.24, 2.45) is 7.05 Å². The fourth-order valence-electron chi connectivity index (χ4n) is 5.47. The second-order valence-corrected chi connectivity index (χ2v) is 8.36. The molecule has 6 rings (SSSR count). The van der Waals surface area contributed by atoms with Crippen molar-refractivity contribution in [3.05, 3.63) is 65.7 Å². The minimum absolute atomic E-state index is 0.588. The van der Waals surface area contributed by atoms with Gasteiger partial charge in [-0.3, -0.25) is 0 Å². The summed E-state index contributed by atoms with van der Waals surface area (Å²) in [6, 6.07) is 19.7. The number of hydrogen-bond donors (Lipinski definition) is 0. The molecule has 0 N–H and O–H groups in total. The molecule has 2 aliphatic rings. The number of nitrogens with zero attached hydrogens (tertiary/aromatic N) is 1. The maximum atomic E-state index is 6.72. The standard InChI is InChI=1S/C26H24NO/c1-16-14-15-18-10-7-13-21-24(18)22(16)25-26(28-21)23(17-8-3-4-9-17)19-11-5-6-12-20(19)27(25)2/h5-7,10-15,17H,3-4,8-9H2,1-2H3/q+1. The summed E-state index contributed by atoms with van der Waals surface area (Å²) in [6.45, 7) is 2.23. The second kappa shape index (κ2) is 5.81. The lowest BCUT2D eigenvalue weighted by Crippen LogP contribution is -2.34. The van der Waals surface area contributed by atoms with Crippen LogP contribution in [0.1, 0.15) is 42.7 Å². The maximum absolute atomic E-state index is 6.72. The van der Waals surface area contributed by atoms with E-state index in [1.54, 1.807) is 0 Å². The number of pyridine rings is 1. The Bertz CT molecular complexity index is 1260. The van der Waals surface area contributed by atoms with Crippen LogP contribution in [0.4, 0.5) is 0 Å². The predicted octanol–water partition coefficient (Wildman–Crippen LogP) is 6.56. The molecule has 4 aromatic rings. The predicted molar refractivity (Wildman–Crippen MR) is 114 cm³/mol. The van der Waals surface area contributed by atoms with Gasteiger partial charge in [0.1, 0.15) is 12.8 Å². The van der Waals surface area contributed by atoms with Crippen LogP contribution in [0.15, 0.2) is 54.6 Å². The molecule has 2 heterocycles. The van der Waals surface area contributed by atoms with E-state index in [1.165, 1.54) is 69.7 Å². The molecule has 2 heteroatoms. The first-order valence-corrected chi connectivity index (χ1v) is 10.4. The van der Waals surface area contributed by atoms with E-state index in [0.717, 1.165) is 11.5 Å². The maximum Gasteiger partial charge on any atom is 0.257 e. The average molecular weight is 366 g/mol. The minimum atomic E-state index is 0.588. The van der Waals surface area contributed by atoms with Gasteiger partial charge >= 0.3 is 0 Å². The molecule has 138 valence electrons. The van der Waals surface area contributed by atoms with Gasteiger partial charge in [0.25, 0.3) is 5.69 Å². The highest BCUT2D eigenvalue weighted by molar-refractivity contribution is 6.05. The van der Waals surface area contributed by atoms with Crippen molar-refractivity contribution in [3.8, 4) is 22.8 Å². The summed E-state index contributed by atoms with van der Waals surface area (Å²) in [5, 5.41) is 3.84. The van der Waals surface area contributed by atoms with E-state index < -0.39 is 0 Å². The Balaban J connectivity index is 1.82. The molecule has 1 aliphatic heterocycles. The molecular formula is C26H24NO+. The average Bonchev–Trinajstić information content (AvgIpc) is 3.25. The summed E-state index contributed by atoms with van der Waals surface area (Å²) < 4.78 is 9.06. The molecule has 0 amide bonds. The molecule has 2 nitrogen and oxygen atoms in total. The number of fused-ring (bicyclic) bond motifs is 3. The highest BCUT2D eigenvalue weighted by Crippen LogP contribution is 2.52. The number of aryl methyl sites for hydroxylation is 2. The van der Waals surface area contributed by atoms with Gasteiger partial charge in [-0.15, -0.1) is 0 Å². The van der Waals surface area contributed by atoms with Crippen molar-refractivity contribution in [2.45, 2.75) is 38.5 Å². The molecule has 1 fully saturated rings. The van der Waals surface area contributed by atoms with Crippen molar-refractivity contribution in [1.82, 2.24) is 0 Å². The van der Waals surface area contributed by atoms with Crippen LogP contribution in [0, 0.1) is 6.92 Å². The summed E-state index contributed by atoms with van der Waals surface area (Å²) in [5.74, 6) is 2.67. The minimum Gasteiger partial charge on any atom is -0.449 e. The summed E-state index contributed by atoms with van der Waals surface area (Å²) in [7, 11) is 2.19. The molecular weight excluding hydrogens is 342 g/mol. The summed E-state index contributed by atoms with van der Waals surface area (Å²) >= 11 is 0. The fourth-order valence-corrected chi connectivity index (χ4v) is 5.47. The number of para-hydroxylation sites is 1. The molecule has 0 bridgehead atoms. The SMILES string of the molecule is Cc1ccc2cccc3c2c1-c1c(c(C2CCCC2)c2ccccc2[n+]1C)O3. The first kappa shape index (κ1) is 16.1. The van der Waals surface area contributed by atoms with Crippen LogP contribution in [-0.2, 0) is 7.05 Å². The normalized spacial score (nSPS) is 15.8. The molecule has 1 aromatic heterocycles. The van der Waals surface area contributed by atoms with E-state index >= 15 is 0 Å². The molecule has 1 saturated carbocycles. The van der Waals surface area contributed by atoms with Gasteiger partial charge in [-0.2, -0.15) is 4.57 Å². The lowest BCUT2D eigenvalue weighted by molar-refractivity contribution is -0.633. The van der Waals surface area contributed by atoms with Crippen molar-refractivity contribution in [1.29, 1.82) is 0 Å². The molecule has 0 unspecified atom stereocenters. The van der Waals surface area contributed by atoms with Crippen LogP contribution in [-0.4, -0.2) is 0 Å². The summed E-state index contributed by atoms with van der Waals surface area (Å²) in [4.78, 5) is 0. The van der Waals surface area contributed by atoms with Crippen LogP contribution in [0.5, 0.6) is 11.5 Å². The molecule has 0 saturated heterocycles. The third-order valence-electron chi connectivity index (χ3n) is 6.78. The Kier molecular flexibility index (Phi) is 3.35. The topological polar surface area (TPSA) is 13.1 Å². The Hall–Kier alpha value is -2.87. The van der Waals surface area contributed by atoms with Crippen molar-refractivity contribution in [3.63, 3.8) is 0 Å². The van der Waals surface area contributed by atoms with Gasteiger partial charge in [0, 0.05) is 17.0 Å². The molecule has 0 spiro atoms. The molecule has 0 radical (unpaired) electrons. The van der Waals surface area contributed by atoms with Crippen molar-refractivity contribution >= 4 is 21.7 Å². The fraction of sp³-hybridized carbons (Fsp3) is 0.269. The Morgan fingerprint density at radius 1 is 0.929 bits per heavy atom. The van der Waals surface area contributed by atoms with Crippen LogP contribution >= 0.6 is 0 Å². The highest BCUT2D eigenvalue weighted by atomic mass is 16.5. The van der Waals surface area contributed by atoms with E-state index in [1.807, 2.05) is 0 Å². The molecule has 3 aromatic carbocycles. The molecule has 0 atom stereocenters. The summed E-state index contributed by atoms with van der Waals surface area (Å²) in [5.41, 5.74) is 6.60. The first-order valence-electron chi connectivity index (χ1n) is 10.4. The summed E-state index contributed by atoms with van der Waals surface area (Å²) in [6.07, 6.45) is 5.16. The van der Waals surface area contributed by atoms with Crippen LogP contribution < -0.4 is 9.30 Å². The molecule has 1 aliphatic carbocycles. The van der Waals surface area contributed by atoms with Gasteiger partial charge in [-0.1, -0.05) is 49.2 Å². The van der Waals surface area contributed by atoms with Crippen LogP contribution in [0.25, 0.3) is 32.9 Å². The zero-order chi connectivity index (χ0) is 18.8. The first-order chi connectivity index (χ1) is 13.7. The Morgan fingerprint density at radius 3 is 2.61 bits per heavy atom. The lowest BCUT2D eigenvalue weighted by Gasteiger charge is -2.25. The third-order valence-corrected chi connectivity index (χ3v) is 6.78.